The number of carboxylic acid groups (broad SMARTS) is 1. The third-order valence-corrected chi connectivity index (χ3v) is 3.58. The molecular formula is C16H10ClNO5. The minimum Gasteiger partial charge on any atom is -0.480 e. The van der Waals surface area contributed by atoms with Crippen LogP contribution in [0, 0.1) is 0 Å². The quantitative estimate of drug-likeness (QED) is 0.742. The van der Waals surface area contributed by atoms with E-state index in [9.17, 15) is 14.4 Å². The van der Waals surface area contributed by atoms with Crippen LogP contribution in [0.5, 0.6) is 0 Å². The smallest absolute Gasteiger partial charge is 0.420 e. The maximum Gasteiger partial charge on any atom is 0.420 e. The molecule has 0 radical (unpaired) electrons. The Bertz CT molecular complexity index is 968. The summed E-state index contributed by atoms with van der Waals surface area (Å²) < 4.78 is 6.01. The average Bonchev–Trinajstić information content (AvgIpc) is 2.82. The maximum absolute atomic E-state index is 12.4. The monoisotopic (exact) mass is 331 g/mol. The van der Waals surface area contributed by atoms with Crippen LogP contribution in [0.3, 0.4) is 0 Å². The molecule has 2 aromatic carbocycles. The van der Waals surface area contributed by atoms with Crippen molar-refractivity contribution in [3.8, 4) is 0 Å². The molecule has 0 bridgehead atoms. The van der Waals surface area contributed by atoms with E-state index in [-0.39, 0.29) is 11.4 Å². The van der Waals surface area contributed by atoms with Crippen molar-refractivity contribution in [3.05, 3.63) is 69.2 Å². The molecule has 0 aliphatic heterocycles. The zero-order chi connectivity index (χ0) is 16.6. The number of oxazole rings is 1. The van der Waals surface area contributed by atoms with Crippen LogP contribution in [0.15, 0.2) is 51.7 Å². The highest BCUT2D eigenvalue weighted by Crippen LogP contribution is 2.19. The summed E-state index contributed by atoms with van der Waals surface area (Å²) in [6.45, 7) is -0.504. The van der Waals surface area contributed by atoms with Gasteiger partial charge in [-0.1, -0.05) is 11.6 Å². The van der Waals surface area contributed by atoms with Crippen LogP contribution in [0.1, 0.15) is 15.9 Å². The molecule has 0 fully saturated rings. The minimum absolute atomic E-state index is 0.163. The van der Waals surface area contributed by atoms with Gasteiger partial charge in [0, 0.05) is 16.1 Å². The lowest BCUT2D eigenvalue weighted by Crippen LogP contribution is -2.19. The molecule has 6 nitrogen and oxygen atoms in total. The molecule has 116 valence electrons. The van der Waals surface area contributed by atoms with Gasteiger partial charge >= 0.3 is 11.7 Å². The second kappa shape index (κ2) is 5.73. The zero-order valence-corrected chi connectivity index (χ0v) is 12.4. The number of rotatable bonds is 4. The van der Waals surface area contributed by atoms with E-state index in [1.807, 2.05) is 0 Å². The van der Waals surface area contributed by atoms with Crippen LogP contribution in [-0.4, -0.2) is 21.4 Å². The first-order valence-electron chi connectivity index (χ1n) is 6.61. The van der Waals surface area contributed by atoms with E-state index >= 15 is 0 Å². The fourth-order valence-corrected chi connectivity index (χ4v) is 2.39. The Morgan fingerprint density at radius 2 is 1.74 bits per heavy atom. The van der Waals surface area contributed by atoms with Gasteiger partial charge in [0.05, 0.1) is 5.52 Å². The summed E-state index contributed by atoms with van der Waals surface area (Å²) in [5.74, 6) is -2.19. The third-order valence-electron chi connectivity index (χ3n) is 3.33. The van der Waals surface area contributed by atoms with Gasteiger partial charge in [-0.2, -0.15) is 0 Å². The molecular weight excluding hydrogens is 322 g/mol. The molecule has 0 aliphatic carbocycles. The minimum atomic E-state index is -1.16. The summed E-state index contributed by atoms with van der Waals surface area (Å²) in [4.78, 5) is 34.9. The Hall–Kier alpha value is -2.86. The van der Waals surface area contributed by atoms with Crippen LogP contribution in [-0.2, 0) is 11.3 Å². The fraction of sp³-hybridized carbons (Fsp3) is 0.0625. The largest absolute Gasteiger partial charge is 0.480 e. The highest BCUT2D eigenvalue weighted by atomic mass is 35.5. The summed E-state index contributed by atoms with van der Waals surface area (Å²) in [7, 11) is 0. The molecule has 3 rings (SSSR count). The molecule has 0 atom stereocenters. The molecule has 0 saturated carbocycles. The first-order valence-corrected chi connectivity index (χ1v) is 6.99. The molecule has 3 aromatic rings. The molecule has 1 aromatic heterocycles. The van der Waals surface area contributed by atoms with Gasteiger partial charge in [0.2, 0.25) is 0 Å². The number of halogens is 1. The van der Waals surface area contributed by atoms with Crippen molar-refractivity contribution in [2.24, 2.45) is 0 Å². The number of aliphatic carboxylic acids is 1. The summed E-state index contributed by atoms with van der Waals surface area (Å²) in [6, 6.07) is 10.8. The highest BCUT2D eigenvalue weighted by molar-refractivity contribution is 6.30. The van der Waals surface area contributed by atoms with Gasteiger partial charge < -0.3 is 9.52 Å². The van der Waals surface area contributed by atoms with Gasteiger partial charge in [-0.05, 0) is 42.5 Å². The van der Waals surface area contributed by atoms with Crippen molar-refractivity contribution in [2.45, 2.75) is 6.54 Å². The Labute approximate surface area is 134 Å². The van der Waals surface area contributed by atoms with Crippen LogP contribution < -0.4 is 5.76 Å². The standard InChI is InChI=1S/C16H10ClNO5/c17-11-4-1-9(2-5-11)15(21)10-3-6-12-13(7-10)23-16(22)18(12)8-14(19)20/h1-7H,8H2,(H,19,20). The zero-order valence-electron chi connectivity index (χ0n) is 11.7. The predicted octanol–water partition coefficient (Wildman–Crippen LogP) is 2.56. The molecule has 0 amide bonds. The summed E-state index contributed by atoms with van der Waals surface area (Å²) >= 11 is 5.79. The number of benzene rings is 2. The fourth-order valence-electron chi connectivity index (χ4n) is 2.26. The van der Waals surface area contributed by atoms with Crippen LogP contribution in [0.2, 0.25) is 5.02 Å². The first kappa shape index (κ1) is 15.1. The molecule has 0 unspecified atom stereocenters. The Kier molecular flexibility index (Phi) is 3.75. The SMILES string of the molecule is O=C(O)Cn1c(=O)oc2cc(C(=O)c3ccc(Cl)cc3)ccc21. The predicted molar refractivity (Wildman–Crippen MR) is 83.0 cm³/mol. The van der Waals surface area contributed by atoms with Crippen molar-refractivity contribution >= 4 is 34.5 Å². The first-order chi connectivity index (χ1) is 11.0. The molecule has 7 heteroatoms. The summed E-state index contributed by atoms with van der Waals surface area (Å²) in [5, 5.41) is 9.34. The number of nitrogens with zero attached hydrogens (tertiary/aromatic N) is 1. The number of ketones is 1. The number of carboxylic acids is 1. The number of hydrogen-bond acceptors (Lipinski definition) is 4. The van der Waals surface area contributed by atoms with E-state index in [1.54, 1.807) is 24.3 Å². The van der Waals surface area contributed by atoms with Gasteiger partial charge in [-0.25, -0.2) is 4.79 Å². The van der Waals surface area contributed by atoms with Crippen LogP contribution in [0.25, 0.3) is 11.1 Å². The molecule has 1 N–H and O–H groups in total. The van der Waals surface area contributed by atoms with Gasteiger partial charge in [0.1, 0.15) is 6.54 Å². The molecule has 0 saturated heterocycles. The van der Waals surface area contributed by atoms with Gasteiger partial charge in [0.25, 0.3) is 0 Å². The van der Waals surface area contributed by atoms with E-state index in [0.29, 0.717) is 21.7 Å². The van der Waals surface area contributed by atoms with Gasteiger partial charge in [0.15, 0.2) is 11.4 Å². The number of fused-ring (bicyclic) bond motifs is 1. The van der Waals surface area contributed by atoms with E-state index in [2.05, 4.69) is 0 Å². The summed E-state index contributed by atoms with van der Waals surface area (Å²) in [5.41, 5.74) is 1.26. The number of aromatic nitrogens is 1. The Balaban J connectivity index is 2.03. The normalized spacial score (nSPS) is 10.8. The van der Waals surface area contributed by atoms with E-state index < -0.39 is 18.3 Å². The lowest BCUT2D eigenvalue weighted by Gasteiger charge is -2.02. The van der Waals surface area contributed by atoms with Gasteiger partial charge in [-0.3, -0.25) is 14.2 Å². The van der Waals surface area contributed by atoms with Gasteiger partial charge in [-0.15, -0.1) is 0 Å². The molecule has 1 heterocycles. The van der Waals surface area contributed by atoms with Crippen molar-refractivity contribution in [3.63, 3.8) is 0 Å². The number of carbonyl (C=O) groups excluding carboxylic acids is 1. The molecule has 0 spiro atoms. The van der Waals surface area contributed by atoms with Crippen LogP contribution in [0.4, 0.5) is 0 Å². The maximum atomic E-state index is 12.4. The average molecular weight is 332 g/mol. The van der Waals surface area contributed by atoms with Crippen molar-refractivity contribution in [1.82, 2.24) is 4.57 Å². The van der Waals surface area contributed by atoms with E-state index in [1.165, 1.54) is 18.2 Å². The van der Waals surface area contributed by atoms with E-state index in [0.717, 1.165) is 4.57 Å². The molecule has 23 heavy (non-hydrogen) atoms. The lowest BCUT2D eigenvalue weighted by atomic mass is 10.0. The second-order valence-corrected chi connectivity index (χ2v) is 5.30. The van der Waals surface area contributed by atoms with Crippen molar-refractivity contribution < 1.29 is 19.1 Å². The molecule has 0 aliphatic rings. The Morgan fingerprint density at radius 1 is 1.09 bits per heavy atom. The highest BCUT2D eigenvalue weighted by Gasteiger charge is 2.15. The Morgan fingerprint density at radius 3 is 2.39 bits per heavy atom. The lowest BCUT2D eigenvalue weighted by molar-refractivity contribution is -0.137. The van der Waals surface area contributed by atoms with Crippen LogP contribution >= 0.6 is 11.6 Å². The van der Waals surface area contributed by atoms with Crippen molar-refractivity contribution in [2.75, 3.05) is 0 Å². The van der Waals surface area contributed by atoms with E-state index in [4.69, 9.17) is 21.1 Å². The number of carbonyl (C=O) groups is 2. The number of hydrogen-bond donors (Lipinski definition) is 1. The summed E-state index contributed by atoms with van der Waals surface area (Å²) in [6.07, 6.45) is 0. The second-order valence-electron chi connectivity index (χ2n) is 4.87. The third kappa shape index (κ3) is 2.89. The topological polar surface area (TPSA) is 89.5 Å². The van der Waals surface area contributed by atoms with Crippen molar-refractivity contribution in [1.29, 1.82) is 0 Å².